The van der Waals surface area contributed by atoms with Crippen molar-refractivity contribution in [2.45, 2.75) is 19.3 Å². The summed E-state index contributed by atoms with van der Waals surface area (Å²) < 4.78 is 1.61. The van der Waals surface area contributed by atoms with E-state index in [9.17, 15) is 14.4 Å². The predicted molar refractivity (Wildman–Crippen MR) is 116 cm³/mol. The summed E-state index contributed by atoms with van der Waals surface area (Å²) in [6, 6.07) is 12.6. The Bertz CT molecular complexity index is 1260. The van der Waals surface area contributed by atoms with E-state index >= 15 is 0 Å². The first kappa shape index (κ1) is 20.4. The first-order chi connectivity index (χ1) is 15.0. The van der Waals surface area contributed by atoms with E-state index < -0.39 is 5.97 Å². The lowest BCUT2D eigenvalue weighted by molar-refractivity contribution is -0.137. The van der Waals surface area contributed by atoms with Crippen LogP contribution in [-0.4, -0.2) is 37.4 Å². The molecule has 0 bridgehead atoms. The van der Waals surface area contributed by atoms with Crippen LogP contribution >= 0.6 is 11.3 Å². The van der Waals surface area contributed by atoms with Crippen molar-refractivity contribution in [2.24, 2.45) is 0 Å². The molecule has 3 aromatic heterocycles. The third kappa shape index (κ3) is 4.51. The number of carboxylic acid groups (broad SMARTS) is 1. The summed E-state index contributed by atoms with van der Waals surface area (Å²) in [5.74, 6) is -1.30. The van der Waals surface area contributed by atoms with Gasteiger partial charge in [0.2, 0.25) is 11.7 Å². The van der Waals surface area contributed by atoms with Crippen molar-refractivity contribution >= 4 is 40.3 Å². The van der Waals surface area contributed by atoms with Gasteiger partial charge in [-0.2, -0.15) is 5.10 Å². The maximum Gasteiger partial charge on any atom is 0.303 e. The average molecular weight is 434 g/mol. The minimum absolute atomic E-state index is 0.0473. The van der Waals surface area contributed by atoms with Gasteiger partial charge in [0.15, 0.2) is 5.65 Å². The van der Waals surface area contributed by atoms with Crippen molar-refractivity contribution in [3.63, 3.8) is 0 Å². The number of carboxylic acids is 1. The van der Waals surface area contributed by atoms with Gasteiger partial charge in [-0.05, 0) is 36.1 Å². The molecule has 0 aliphatic rings. The van der Waals surface area contributed by atoms with Crippen LogP contribution in [0.4, 0.5) is 5.69 Å². The van der Waals surface area contributed by atoms with Crippen molar-refractivity contribution in [1.29, 1.82) is 0 Å². The summed E-state index contributed by atoms with van der Waals surface area (Å²) >= 11 is 1.37. The smallest absolute Gasteiger partial charge is 0.303 e. The standard InChI is InChI=1S/C22H18N4O4S/c27-19(7-2-8-20(28)29)25-15-5-1-4-14(12-15)17-9-10-23-22-16(13-24-26(17)22)21(30)18-6-3-11-31-18/h1,3-6,9-13H,2,7-8H2,(H,25,27)(H,28,29). The monoisotopic (exact) mass is 434 g/mol. The summed E-state index contributed by atoms with van der Waals surface area (Å²) in [6.07, 6.45) is 3.49. The molecular weight excluding hydrogens is 416 g/mol. The van der Waals surface area contributed by atoms with Crippen LogP contribution in [0.5, 0.6) is 0 Å². The van der Waals surface area contributed by atoms with Gasteiger partial charge in [-0.1, -0.05) is 18.2 Å². The lowest BCUT2D eigenvalue weighted by atomic mass is 10.1. The van der Waals surface area contributed by atoms with Gasteiger partial charge in [0.25, 0.3) is 0 Å². The number of aromatic nitrogens is 3. The molecule has 1 amide bonds. The van der Waals surface area contributed by atoms with Crippen LogP contribution in [0, 0.1) is 0 Å². The lowest BCUT2D eigenvalue weighted by Gasteiger charge is -2.09. The number of anilines is 1. The van der Waals surface area contributed by atoms with E-state index in [1.54, 1.807) is 41.0 Å². The van der Waals surface area contributed by atoms with E-state index in [4.69, 9.17) is 5.11 Å². The molecule has 8 nitrogen and oxygen atoms in total. The quantitative estimate of drug-likeness (QED) is 0.407. The number of hydrogen-bond acceptors (Lipinski definition) is 6. The predicted octanol–water partition coefficient (Wildman–Crippen LogP) is 3.88. The minimum atomic E-state index is -0.923. The summed E-state index contributed by atoms with van der Waals surface area (Å²) in [5, 5.41) is 17.7. The molecule has 0 fully saturated rings. The molecule has 0 aliphatic heterocycles. The highest BCUT2D eigenvalue weighted by molar-refractivity contribution is 7.12. The molecule has 0 radical (unpaired) electrons. The van der Waals surface area contributed by atoms with E-state index in [0.717, 1.165) is 11.3 Å². The van der Waals surface area contributed by atoms with Gasteiger partial charge in [-0.15, -0.1) is 11.3 Å². The highest BCUT2D eigenvalue weighted by atomic mass is 32.1. The number of aliphatic carboxylic acids is 1. The molecule has 0 spiro atoms. The largest absolute Gasteiger partial charge is 0.481 e. The van der Waals surface area contributed by atoms with E-state index in [2.05, 4.69) is 15.4 Å². The fourth-order valence-electron chi connectivity index (χ4n) is 3.19. The second-order valence-corrected chi connectivity index (χ2v) is 7.75. The molecule has 1 aromatic carbocycles. The van der Waals surface area contributed by atoms with Crippen molar-refractivity contribution in [3.8, 4) is 11.3 Å². The summed E-state index contributed by atoms with van der Waals surface area (Å²) in [6.45, 7) is 0. The second kappa shape index (κ2) is 8.88. The number of ketones is 1. The number of amides is 1. The van der Waals surface area contributed by atoms with Gasteiger partial charge >= 0.3 is 5.97 Å². The lowest BCUT2D eigenvalue weighted by Crippen LogP contribution is -2.12. The molecule has 0 saturated carbocycles. The second-order valence-electron chi connectivity index (χ2n) is 6.81. The minimum Gasteiger partial charge on any atom is -0.481 e. The van der Waals surface area contributed by atoms with Gasteiger partial charge in [0.1, 0.15) is 0 Å². The summed E-state index contributed by atoms with van der Waals surface area (Å²) in [4.78, 5) is 40.4. The highest BCUT2D eigenvalue weighted by Gasteiger charge is 2.18. The topological polar surface area (TPSA) is 114 Å². The highest BCUT2D eigenvalue weighted by Crippen LogP contribution is 2.25. The van der Waals surface area contributed by atoms with Crippen LogP contribution in [0.2, 0.25) is 0 Å². The Hall–Kier alpha value is -3.85. The molecule has 0 unspecified atom stereocenters. The molecule has 0 saturated heterocycles. The van der Waals surface area contributed by atoms with Gasteiger partial charge in [-0.3, -0.25) is 14.4 Å². The molecule has 4 aromatic rings. The Labute approximate surface area is 181 Å². The molecule has 4 rings (SSSR count). The molecule has 3 heterocycles. The number of hydrogen-bond donors (Lipinski definition) is 2. The van der Waals surface area contributed by atoms with Crippen LogP contribution in [-0.2, 0) is 9.59 Å². The normalized spacial score (nSPS) is 10.8. The van der Waals surface area contributed by atoms with Crippen LogP contribution in [0.1, 0.15) is 34.5 Å². The van der Waals surface area contributed by atoms with Gasteiger partial charge in [0, 0.05) is 30.3 Å². The zero-order chi connectivity index (χ0) is 21.8. The number of benzene rings is 1. The van der Waals surface area contributed by atoms with Gasteiger partial charge in [-0.25, -0.2) is 9.50 Å². The fourth-order valence-corrected chi connectivity index (χ4v) is 3.87. The van der Waals surface area contributed by atoms with E-state index in [1.807, 2.05) is 17.5 Å². The van der Waals surface area contributed by atoms with E-state index in [-0.39, 0.29) is 31.0 Å². The first-order valence-electron chi connectivity index (χ1n) is 9.56. The maximum atomic E-state index is 12.8. The maximum absolute atomic E-state index is 12.8. The Kier molecular flexibility index (Phi) is 5.85. The Balaban J connectivity index is 1.59. The van der Waals surface area contributed by atoms with Gasteiger partial charge in [0.05, 0.1) is 22.3 Å². The number of fused-ring (bicyclic) bond motifs is 1. The molecule has 9 heteroatoms. The number of nitrogens with zero attached hydrogens (tertiary/aromatic N) is 3. The summed E-state index contributed by atoms with van der Waals surface area (Å²) in [5.41, 5.74) is 2.97. The molecule has 2 N–H and O–H groups in total. The zero-order valence-corrected chi connectivity index (χ0v) is 17.1. The zero-order valence-electron chi connectivity index (χ0n) is 16.3. The number of carbonyl (C=O) groups excluding carboxylic acids is 2. The SMILES string of the molecule is O=C(O)CCCC(=O)Nc1cccc(-c2ccnc3c(C(=O)c4cccs4)cnn23)c1. The van der Waals surface area contributed by atoms with Crippen molar-refractivity contribution in [2.75, 3.05) is 5.32 Å². The average Bonchev–Trinajstić information content (AvgIpc) is 3.43. The number of carbonyl (C=O) groups is 3. The molecule has 0 atom stereocenters. The van der Waals surface area contributed by atoms with Crippen LogP contribution in [0.15, 0.2) is 60.2 Å². The van der Waals surface area contributed by atoms with Gasteiger partial charge < -0.3 is 10.4 Å². The van der Waals surface area contributed by atoms with Crippen LogP contribution in [0.25, 0.3) is 16.9 Å². The van der Waals surface area contributed by atoms with Crippen LogP contribution in [0.3, 0.4) is 0 Å². The molecule has 156 valence electrons. The number of thiophene rings is 1. The summed E-state index contributed by atoms with van der Waals surface area (Å²) in [7, 11) is 0. The number of nitrogens with one attached hydrogen (secondary N) is 1. The molecular formula is C22H18N4O4S. The van der Waals surface area contributed by atoms with Crippen molar-refractivity contribution in [3.05, 3.63) is 70.7 Å². The molecule has 31 heavy (non-hydrogen) atoms. The molecule has 0 aliphatic carbocycles. The number of rotatable bonds is 8. The van der Waals surface area contributed by atoms with E-state index in [1.165, 1.54) is 17.5 Å². The third-order valence-electron chi connectivity index (χ3n) is 4.63. The van der Waals surface area contributed by atoms with Crippen LogP contribution < -0.4 is 5.32 Å². The third-order valence-corrected chi connectivity index (χ3v) is 5.50. The first-order valence-corrected chi connectivity index (χ1v) is 10.4. The fraction of sp³-hybridized carbons (Fsp3) is 0.136. The van der Waals surface area contributed by atoms with Crippen molar-refractivity contribution < 1.29 is 19.5 Å². The Morgan fingerprint density at radius 2 is 1.97 bits per heavy atom. The Morgan fingerprint density at radius 3 is 2.74 bits per heavy atom. The van der Waals surface area contributed by atoms with Crippen molar-refractivity contribution in [1.82, 2.24) is 14.6 Å². The van der Waals surface area contributed by atoms with E-state index in [0.29, 0.717) is 21.8 Å². The Morgan fingerprint density at radius 1 is 1.10 bits per heavy atom.